The highest BCUT2D eigenvalue weighted by atomic mass is 16.5. The Labute approximate surface area is 138 Å². The maximum absolute atomic E-state index is 12.5. The van der Waals surface area contributed by atoms with Crippen LogP contribution in [0.5, 0.6) is 0 Å². The van der Waals surface area contributed by atoms with Crippen LogP contribution in [0.25, 0.3) is 0 Å². The summed E-state index contributed by atoms with van der Waals surface area (Å²) in [5, 5.41) is 12.0. The average molecular weight is 331 g/mol. The number of carboxylic acid groups (broad SMARTS) is 1. The van der Waals surface area contributed by atoms with Crippen LogP contribution in [0.4, 0.5) is 5.69 Å². The molecule has 1 aromatic carbocycles. The molecule has 1 amide bonds. The van der Waals surface area contributed by atoms with Crippen LogP contribution in [0.15, 0.2) is 36.4 Å². The van der Waals surface area contributed by atoms with E-state index in [-0.39, 0.29) is 6.61 Å². The normalized spacial score (nSPS) is 27.0. The molecule has 2 aliphatic rings. The zero-order chi connectivity index (χ0) is 17.3. The third-order valence-corrected chi connectivity index (χ3v) is 4.15. The monoisotopic (exact) mass is 331 g/mol. The van der Waals surface area contributed by atoms with Crippen molar-refractivity contribution < 1.29 is 29.0 Å². The van der Waals surface area contributed by atoms with Crippen LogP contribution >= 0.6 is 0 Å². The standard InChI is InChI=1S/C17H17NO6/c1-2-23-17(22)9-3-5-10(6-4-9)18-15(19)13-11-7-8-12(24-11)14(13)16(20)21/h3-8,11-14H,2H2,1H3,(H,18,19)(H,20,21)/t11-,12-,13-,14+/m1/s1. The summed E-state index contributed by atoms with van der Waals surface area (Å²) in [5.41, 5.74) is 0.855. The van der Waals surface area contributed by atoms with E-state index >= 15 is 0 Å². The van der Waals surface area contributed by atoms with Gasteiger partial charge in [0.2, 0.25) is 5.91 Å². The van der Waals surface area contributed by atoms with Gasteiger partial charge in [-0.2, -0.15) is 0 Å². The van der Waals surface area contributed by atoms with Crippen LogP contribution in [-0.4, -0.2) is 41.8 Å². The minimum Gasteiger partial charge on any atom is -0.481 e. The Hall–Kier alpha value is -2.67. The summed E-state index contributed by atoms with van der Waals surface area (Å²) in [7, 11) is 0. The van der Waals surface area contributed by atoms with Gasteiger partial charge in [0.05, 0.1) is 30.3 Å². The molecule has 2 heterocycles. The number of ether oxygens (including phenoxy) is 2. The molecule has 7 heteroatoms. The smallest absolute Gasteiger partial charge is 0.338 e. The molecule has 0 spiro atoms. The van der Waals surface area contributed by atoms with Gasteiger partial charge < -0.3 is 19.9 Å². The van der Waals surface area contributed by atoms with Crippen molar-refractivity contribution in [1.82, 2.24) is 0 Å². The van der Waals surface area contributed by atoms with Crippen molar-refractivity contribution in [3.8, 4) is 0 Å². The number of carbonyl (C=O) groups excluding carboxylic acids is 2. The third kappa shape index (κ3) is 2.90. The van der Waals surface area contributed by atoms with Crippen molar-refractivity contribution in [2.24, 2.45) is 11.8 Å². The van der Waals surface area contributed by atoms with Crippen LogP contribution in [-0.2, 0) is 19.1 Å². The first-order valence-electron chi connectivity index (χ1n) is 7.66. The molecule has 0 saturated carbocycles. The molecule has 2 N–H and O–H groups in total. The van der Waals surface area contributed by atoms with E-state index in [0.29, 0.717) is 11.3 Å². The summed E-state index contributed by atoms with van der Waals surface area (Å²) < 4.78 is 10.4. The van der Waals surface area contributed by atoms with Crippen molar-refractivity contribution in [2.75, 3.05) is 11.9 Å². The van der Waals surface area contributed by atoms with Gasteiger partial charge in [-0.15, -0.1) is 0 Å². The van der Waals surface area contributed by atoms with Crippen molar-refractivity contribution in [3.05, 3.63) is 42.0 Å². The van der Waals surface area contributed by atoms with Crippen LogP contribution in [0.2, 0.25) is 0 Å². The van der Waals surface area contributed by atoms with E-state index in [1.165, 1.54) is 0 Å². The molecule has 2 aliphatic heterocycles. The van der Waals surface area contributed by atoms with Crippen molar-refractivity contribution in [3.63, 3.8) is 0 Å². The van der Waals surface area contributed by atoms with Crippen LogP contribution in [0, 0.1) is 11.8 Å². The number of hydrogen-bond acceptors (Lipinski definition) is 5. The van der Waals surface area contributed by atoms with Crippen molar-refractivity contribution in [2.45, 2.75) is 19.1 Å². The first-order valence-corrected chi connectivity index (χ1v) is 7.66. The molecule has 1 saturated heterocycles. The highest BCUT2D eigenvalue weighted by Gasteiger charge is 2.53. The first-order chi connectivity index (χ1) is 11.5. The van der Waals surface area contributed by atoms with Gasteiger partial charge in [-0.3, -0.25) is 9.59 Å². The Morgan fingerprint density at radius 1 is 1.12 bits per heavy atom. The van der Waals surface area contributed by atoms with Crippen molar-refractivity contribution in [1.29, 1.82) is 0 Å². The van der Waals surface area contributed by atoms with E-state index in [2.05, 4.69) is 5.32 Å². The molecule has 3 rings (SSSR count). The molecule has 2 bridgehead atoms. The summed E-state index contributed by atoms with van der Waals surface area (Å²) >= 11 is 0. The summed E-state index contributed by atoms with van der Waals surface area (Å²) in [4.78, 5) is 35.4. The Morgan fingerprint density at radius 3 is 2.33 bits per heavy atom. The molecule has 4 atom stereocenters. The van der Waals surface area contributed by atoms with Gasteiger partial charge >= 0.3 is 11.9 Å². The number of rotatable bonds is 5. The first kappa shape index (κ1) is 16.2. The lowest BCUT2D eigenvalue weighted by Crippen LogP contribution is -2.39. The Balaban J connectivity index is 1.70. The van der Waals surface area contributed by atoms with E-state index in [1.54, 1.807) is 43.3 Å². The van der Waals surface area contributed by atoms with Gasteiger partial charge in [-0.05, 0) is 31.2 Å². The number of hydrogen-bond donors (Lipinski definition) is 2. The number of esters is 1. The minimum atomic E-state index is -1.05. The minimum absolute atomic E-state index is 0.283. The largest absolute Gasteiger partial charge is 0.481 e. The van der Waals surface area contributed by atoms with Gasteiger partial charge in [-0.25, -0.2) is 4.79 Å². The fourth-order valence-electron chi connectivity index (χ4n) is 3.04. The second-order valence-corrected chi connectivity index (χ2v) is 5.63. The molecular weight excluding hydrogens is 314 g/mol. The summed E-state index contributed by atoms with van der Waals surface area (Å²) in [6, 6.07) is 6.23. The van der Waals surface area contributed by atoms with E-state index in [1.807, 2.05) is 0 Å². The Morgan fingerprint density at radius 2 is 1.75 bits per heavy atom. The Bertz CT molecular complexity index is 696. The lowest BCUT2D eigenvalue weighted by molar-refractivity contribution is -0.145. The van der Waals surface area contributed by atoms with E-state index in [4.69, 9.17) is 9.47 Å². The van der Waals surface area contributed by atoms with Gasteiger partial charge in [0.15, 0.2) is 0 Å². The number of aliphatic carboxylic acids is 1. The Kier molecular flexibility index (Phi) is 4.35. The predicted octanol–water partition coefficient (Wildman–Crippen LogP) is 1.46. The van der Waals surface area contributed by atoms with Gasteiger partial charge in [-0.1, -0.05) is 12.2 Å². The average Bonchev–Trinajstić information content (AvgIpc) is 3.16. The van der Waals surface area contributed by atoms with Crippen LogP contribution in [0.1, 0.15) is 17.3 Å². The molecule has 0 aromatic heterocycles. The molecule has 24 heavy (non-hydrogen) atoms. The summed E-state index contributed by atoms with van der Waals surface area (Å²) in [6.07, 6.45) is 2.32. The molecule has 0 aliphatic carbocycles. The number of nitrogens with one attached hydrogen (secondary N) is 1. The molecule has 0 radical (unpaired) electrons. The lowest BCUT2D eigenvalue weighted by atomic mass is 9.82. The molecule has 1 fully saturated rings. The second kappa shape index (κ2) is 6.45. The SMILES string of the molecule is CCOC(=O)c1ccc(NC(=O)[C@H]2[C@@H](C(=O)O)[C@H]3C=C[C@H]2O3)cc1. The fraction of sp³-hybridized carbons (Fsp3) is 0.353. The lowest BCUT2D eigenvalue weighted by Gasteiger charge is -2.21. The maximum Gasteiger partial charge on any atom is 0.338 e. The number of carbonyl (C=O) groups is 3. The van der Waals surface area contributed by atoms with Crippen LogP contribution < -0.4 is 5.32 Å². The zero-order valence-corrected chi connectivity index (χ0v) is 13.0. The quantitative estimate of drug-likeness (QED) is 0.625. The van der Waals surface area contributed by atoms with Gasteiger partial charge in [0, 0.05) is 5.69 Å². The summed E-state index contributed by atoms with van der Waals surface area (Å²) in [6.45, 7) is 2.00. The number of carboxylic acids is 1. The third-order valence-electron chi connectivity index (χ3n) is 4.15. The van der Waals surface area contributed by atoms with E-state index in [9.17, 15) is 19.5 Å². The predicted molar refractivity (Wildman–Crippen MR) is 83.4 cm³/mol. The second-order valence-electron chi connectivity index (χ2n) is 5.63. The zero-order valence-electron chi connectivity index (χ0n) is 13.0. The van der Waals surface area contributed by atoms with Gasteiger partial charge in [0.25, 0.3) is 0 Å². The van der Waals surface area contributed by atoms with Crippen LogP contribution in [0.3, 0.4) is 0 Å². The highest BCUT2D eigenvalue weighted by Crippen LogP contribution is 2.39. The molecular formula is C17H17NO6. The number of amides is 1. The summed E-state index contributed by atoms with van der Waals surface area (Å²) in [5.74, 6) is -3.57. The van der Waals surface area contributed by atoms with Crippen molar-refractivity contribution >= 4 is 23.5 Å². The molecule has 7 nitrogen and oxygen atoms in total. The maximum atomic E-state index is 12.5. The number of fused-ring (bicyclic) bond motifs is 2. The van der Waals surface area contributed by atoms with E-state index in [0.717, 1.165) is 0 Å². The number of anilines is 1. The van der Waals surface area contributed by atoms with E-state index < -0.39 is 41.9 Å². The molecule has 1 aromatic rings. The highest BCUT2D eigenvalue weighted by molar-refractivity contribution is 5.97. The number of benzene rings is 1. The fourth-order valence-corrected chi connectivity index (χ4v) is 3.04. The molecule has 0 unspecified atom stereocenters. The molecule has 126 valence electrons. The van der Waals surface area contributed by atoms with Gasteiger partial charge in [0.1, 0.15) is 5.92 Å². The topological polar surface area (TPSA) is 102 Å².